The van der Waals surface area contributed by atoms with Crippen molar-refractivity contribution in [2.24, 2.45) is 5.92 Å². The first kappa shape index (κ1) is 19.3. The number of fused-ring (bicyclic) bond motifs is 1. The zero-order chi connectivity index (χ0) is 21.4. The molecule has 0 radical (unpaired) electrons. The van der Waals surface area contributed by atoms with E-state index in [1.165, 1.54) is 0 Å². The first-order valence-corrected chi connectivity index (χ1v) is 10.8. The van der Waals surface area contributed by atoms with Crippen LogP contribution >= 0.6 is 11.3 Å². The van der Waals surface area contributed by atoms with Crippen LogP contribution in [0, 0.1) is 5.92 Å². The Hall–Kier alpha value is -3.65. The molecule has 3 heterocycles. The number of anilines is 2. The normalized spacial score (nSPS) is 16.1. The minimum absolute atomic E-state index is 0.0692. The summed E-state index contributed by atoms with van der Waals surface area (Å²) in [5.74, 6) is 0.0245. The summed E-state index contributed by atoms with van der Waals surface area (Å²) < 4.78 is 7.22. The number of ether oxygens (including phenoxy) is 1. The molecule has 2 aromatic heterocycles. The monoisotopic (exact) mass is 432 g/mol. The number of amides is 2. The lowest BCUT2D eigenvalue weighted by Gasteiger charge is -2.17. The van der Waals surface area contributed by atoms with Crippen molar-refractivity contribution in [1.82, 2.24) is 9.38 Å². The molecule has 1 fully saturated rings. The summed E-state index contributed by atoms with van der Waals surface area (Å²) in [6, 6.07) is 14.9. The number of nitrogens with zero attached hydrogens (tertiary/aromatic N) is 3. The van der Waals surface area contributed by atoms with E-state index in [0.717, 1.165) is 21.9 Å². The average molecular weight is 433 g/mol. The zero-order valence-electron chi connectivity index (χ0n) is 16.8. The molecule has 0 spiro atoms. The number of aromatic nitrogens is 2. The van der Waals surface area contributed by atoms with Crippen molar-refractivity contribution >= 4 is 39.5 Å². The zero-order valence-corrected chi connectivity index (χ0v) is 17.6. The van der Waals surface area contributed by atoms with Crippen molar-refractivity contribution in [1.29, 1.82) is 0 Å². The molecule has 5 rings (SSSR count). The van der Waals surface area contributed by atoms with Crippen LogP contribution in [0.5, 0.6) is 5.75 Å². The van der Waals surface area contributed by atoms with E-state index < -0.39 is 5.92 Å². The number of benzene rings is 2. The summed E-state index contributed by atoms with van der Waals surface area (Å²) in [6.07, 6.45) is 4.11. The molecular weight excluding hydrogens is 412 g/mol. The SMILES string of the molecule is COc1cccc(N2CC(C(=O)Nc3cccc(-c4cn5ccsc5n4)c3)CC2=O)c1. The standard InChI is InChI=1S/C23H20N4O3S/c1-30-19-7-3-6-18(12-19)27-13-16(11-21(27)28)22(29)24-17-5-2-4-15(10-17)20-14-26-8-9-31-23(26)25-20/h2-10,12,14,16H,11,13H2,1H3,(H,24,29). The maximum atomic E-state index is 12.9. The number of rotatable bonds is 5. The van der Waals surface area contributed by atoms with Gasteiger partial charge in [0.05, 0.1) is 18.7 Å². The van der Waals surface area contributed by atoms with Crippen LogP contribution in [0.3, 0.4) is 0 Å². The molecule has 0 saturated carbocycles. The number of carbonyl (C=O) groups is 2. The fourth-order valence-corrected chi connectivity index (χ4v) is 4.48. The number of hydrogen-bond acceptors (Lipinski definition) is 5. The third-order valence-corrected chi connectivity index (χ3v) is 6.15. The predicted octanol–water partition coefficient (Wildman–Crippen LogP) is 4.06. The lowest BCUT2D eigenvalue weighted by molar-refractivity contribution is -0.122. The van der Waals surface area contributed by atoms with Gasteiger partial charge in [0.15, 0.2) is 4.96 Å². The Morgan fingerprint density at radius 1 is 1.23 bits per heavy atom. The van der Waals surface area contributed by atoms with Gasteiger partial charge in [0, 0.05) is 53.7 Å². The maximum absolute atomic E-state index is 12.9. The highest BCUT2D eigenvalue weighted by Crippen LogP contribution is 2.29. The van der Waals surface area contributed by atoms with Crippen LogP contribution in [0.4, 0.5) is 11.4 Å². The number of thiazole rings is 1. The Kier molecular flexibility index (Phi) is 4.91. The molecule has 2 aromatic carbocycles. The van der Waals surface area contributed by atoms with Crippen LogP contribution in [-0.2, 0) is 9.59 Å². The van der Waals surface area contributed by atoms with Crippen molar-refractivity contribution < 1.29 is 14.3 Å². The molecule has 156 valence electrons. The van der Waals surface area contributed by atoms with Crippen molar-refractivity contribution in [2.45, 2.75) is 6.42 Å². The second-order valence-corrected chi connectivity index (χ2v) is 8.27. The van der Waals surface area contributed by atoms with Gasteiger partial charge in [-0.25, -0.2) is 4.98 Å². The van der Waals surface area contributed by atoms with E-state index in [0.29, 0.717) is 18.0 Å². The van der Waals surface area contributed by atoms with Gasteiger partial charge in [0.25, 0.3) is 0 Å². The molecule has 1 saturated heterocycles. The minimum Gasteiger partial charge on any atom is -0.497 e. The molecule has 8 heteroatoms. The van der Waals surface area contributed by atoms with Crippen LogP contribution in [0.1, 0.15) is 6.42 Å². The highest BCUT2D eigenvalue weighted by molar-refractivity contribution is 7.15. The van der Waals surface area contributed by atoms with E-state index in [2.05, 4.69) is 10.3 Å². The van der Waals surface area contributed by atoms with Gasteiger partial charge < -0.3 is 15.0 Å². The molecule has 1 unspecified atom stereocenters. The van der Waals surface area contributed by atoms with E-state index in [9.17, 15) is 9.59 Å². The molecular formula is C23H20N4O3S. The number of imidazole rings is 1. The van der Waals surface area contributed by atoms with Gasteiger partial charge in [-0.1, -0.05) is 18.2 Å². The van der Waals surface area contributed by atoms with Crippen molar-refractivity contribution in [3.05, 3.63) is 66.3 Å². The Labute approximate surface area is 182 Å². The summed E-state index contributed by atoms with van der Waals surface area (Å²) in [4.78, 5) is 32.6. The summed E-state index contributed by atoms with van der Waals surface area (Å²) in [5, 5.41) is 4.95. The van der Waals surface area contributed by atoms with Crippen molar-refractivity contribution in [3.63, 3.8) is 0 Å². The van der Waals surface area contributed by atoms with Gasteiger partial charge in [0.1, 0.15) is 5.75 Å². The smallest absolute Gasteiger partial charge is 0.229 e. The maximum Gasteiger partial charge on any atom is 0.229 e. The molecule has 7 nitrogen and oxygen atoms in total. The highest BCUT2D eigenvalue weighted by atomic mass is 32.1. The number of carbonyl (C=O) groups excluding carboxylic acids is 2. The number of methoxy groups -OCH3 is 1. The fraction of sp³-hybridized carbons (Fsp3) is 0.174. The Balaban J connectivity index is 1.30. The highest BCUT2D eigenvalue weighted by Gasteiger charge is 2.35. The lowest BCUT2D eigenvalue weighted by Crippen LogP contribution is -2.28. The summed E-state index contributed by atoms with van der Waals surface area (Å²) >= 11 is 1.57. The molecule has 1 N–H and O–H groups in total. The molecule has 31 heavy (non-hydrogen) atoms. The van der Waals surface area contributed by atoms with Crippen LogP contribution in [0.25, 0.3) is 16.2 Å². The minimum atomic E-state index is -0.416. The van der Waals surface area contributed by atoms with Crippen molar-refractivity contribution in [3.8, 4) is 17.0 Å². The van der Waals surface area contributed by atoms with E-state index in [1.807, 2.05) is 64.6 Å². The Morgan fingerprint density at radius 2 is 2.10 bits per heavy atom. The van der Waals surface area contributed by atoms with Crippen LogP contribution in [-0.4, -0.2) is 34.9 Å². The van der Waals surface area contributed by atoms with Gasteiger partial charge in [0.2, 0.25) is 11.8 Å². The molecule has 4 aromatic rings. The van der Waals surface area contributed by atoms with E-state index in [1.54, 1.807) is 29.4 Å². The topological polar surface area (TPSA) is 75.9 Å². The number of nitrogens with one attached hydrogen (secondary N) is 1. The lowest BCUT2D eigenvalue weighted by atomic mass is 10.1. The average Bonchev–Trinajstić information content (AvgIpc) is 3.49. The van der Waals surface area contributed by atoms with Crippen LogP contribution < -0.4 is 15.0 Å². The second-order valence-electron chi connectivity index (χ2n) is 7.40. The summed E-state index contributed by atoms with van der Waals surface area (Å²) in [5.41, 5.74) is 3.20. The number of hydrogen-bond donors (Lipinski definition) is 1. The molecule has 1 aliphatic heterocycles. The Bertz CT molecular complexity index is 1250. The molecule has 1 aliphatic rings. The van der Waals surface area contributed by atoms with Crippen LogP contribution in [0.2, 0.25) is 0 Å². The summed E-state index contributed by atoms with van der Waals surface area (Å²) in [6.45, 7) is 0.342. The van der Waals surface area contributed by atoms with Gasteiger partial charge >= 0.3 is 0 Å². The largest absolute Gasteiger partial charge is 0.497 e. The first-order valence-electron chi connectivity index (χ1n) is 9.88. The third-order valence-electron chi connectivity index (χ3n) is 5.38. The summed E-state index contributed by atoms with van der Waals surface area (Å²) in [7, 11) is 1.59. The van der Waals surface area contributed by atoms with Gasteiger partial charge in [-0.2, -0.15) is 0 Å². The van der Waals surface area contributed by atoms with E-state index >= 15 is 0 Å². The fourth-order valence-electron chi connectivity index (χ4n) is 3.78. The van der Waals surface area contributed by atoms with Crippen molar-refractivity contribution in [2.75, 3.05) is 23.9 Å². The predicted molar refractivity (Wildman–Crippen MR) is 121 cm³/mol. The molecule has 0 aliphatic carbocycles. The molecule has 1 atom stereocenters. The Morgan fingerprint density at radius 3 is 2.94 bits per heavy atom. The van der Waals surface area contributed by atoms with E-state index in [4.69, 9.17) is 4.74 Å². The van der Waals surface area contributed by atoms with E-state index in [-0.39, 0.29) is 18.2 Å². The quantitative estimate of drug-likeness (QED) is 0.516. The molecule has 0 bridgehead atoms. The molecule has 2 amide bonds. The second kappa shape index (κ2) is 7.88. The van der Waals surface area contributed by atoms with Gasteiger partial charge in [-0.05, 0) is 24.3 Å². The third kappa shape index (κ3) is 3.77. The van der Waals surface area contributed by atoms with Gasteiger partial charge in [-0.3, -0.25) is 14.0 Å². The van der Waals surface area contributed by atoms with Crippen LogP contribution in [0.15, 0.2) is 66.3 Å². The first-order chi connectivity index (χ1) is 15.1. The van der Waals surface area contributed by atoms with Gasteiger partial charge in [-0.15, -0.1) is 11.3 Å².